The van der Waals surface area contributed by atoms with E-state index in [1.807, 2.05) is 30.3 Å². The number of nitrogens with one attached hydrogen (secondary N) is 1. The van der Waals surface area contributed by atoms with Crippen LogP contribution < -0.4 is 4.72 Å². The van der Waals surface area contributed by atoms with Crippen LogP contribution in [0.1, 0.15) is 15.9 Å². The molecule has 3 amide bonds. The highest BCUT2D eigenvalue weighted by atomic mass is 32.2. The first kappa shape index (κ1) is 24.3. The van der Waals surface area contributed by atoms with E-state index in [0.29, 0.717) is 44.0 Å². The summed E-state index contributed by atoms with van der Waals surface area (Å²) < 4.78 is 27.7. The second-order valence-electron chi connectivity index (χ2n) is 8.40. The molecule has 35 heavy (non-hydrogen) atoms. The van der Waals surface area contributed by atoms with Crippen LogP contribution in [0.15, 0.2) is 89.8 Å². The maximum atomic E-state index is 13.0. The summed E-state index contributed by atoms with van der Waals surface area (Å²) in [5.41, 5.74) is 1.93. The van der Waals surface area contributed by atoms with Gasteiger partial charge in [0.15, 0.2) is 0 Å². The Balaban J connectivity index is 1.32. The van der Waals surface area contributed by atoms with Crippen LogP contribution >= 0.6 is 0 Å². The van der Waals surface area contributed by atoms with Crippen molar-refractivity contribution in [2.45, 2.75) is 11.4 Å². The van der Waals surface area contributed by atoms with Gasteiger partial charge < -0.3 is 14.7 Å². The number of carbonyl (C=O) groups excluding carboxylic acids is 2. The van der Waals surface area contributed by atoms with Gasteiger partial charge in [-0.05, 0) is 42.0 Å². The normalized spacial score (nSPS) is 13.9. The summed E-state index contributed by atoms with van der Waals surface area (Å²) >= 11 is 0. The fraction of sp³-hybridized carbons (Fsp3) is 0.231. The molecule has 0 aliphatic carbocycles. The Hall–Kier alpha value is -3.85. The monoisotopic (exact) mass is 492 g/mol. The topological polar surface area (TPSA) is 90.0 Å². The number of nitrogens with zero attached hydrogens (tertiary/aromatic N) is 3. The Bertz CT molecular complexity index is 1260. The Morgan fingerprint density at radius 1 is 0.800 bits per heavy atom. The number of rotatable bonds is 6. The van der Waals surface area contributed by atoms with Crippen molar-refractivity contribution in [1.82, 2.24) is 14.7 Å². The van der Waals surface area contributed by atoms with E-state index in [-0.39, 0.29) is 16.8 Å². The number of sulfonamides is 1. The van der Waals surface area contributed by atoms with Gasteiger partial charge in [-0.15, -0.1) is 0 Å². The number of hydrogen-bond acceptors (Lipinski definition) is 4. The minimum atomic E-state index is -3.75. The van der Waals surface area contributed by atoms with Crippen LogP contribution in [-0.4, -0.2) is 68.3 Å². The van der Waals surface area contributed by atoms with Crippen molar-refractivity contribution >= 4 is 27.6 Å². The van der Waals surface area contributed by atoms with Crippen molar-refractivity contribution in [3.63, 3.8) is 0 Å². The first-order valence-electron chi connectivity index (χ1n) is 11.3. The zero-order chi connectivity index (χ0) is 24.8. The highest BCUT2D eigenvalue weighted by molar-refractivity contribution is 7.92. The number of piperazine rings is 1. The largest absolute Gasteiger partial charge is 0.335 e. The molecule has 0 aromatic heterocycles. The minimum absolute atomic E-state index is 0.0681. The van der Waals surface area contributed by atoms with Crippen LogP contribution in [0.25, 0.3) is 0 Å². The van der Waals surface area contributed by atoms with E-state index >= 15 is 0 Å². The van der Waals surface area contributed by atoms with Crippen LogP contribution in [0.3, 0.4) is 0 Å². The van der Waals surface area contributed by atoms with Gasteiger partial charge in [-0.1, -0.05) is 48.5 Å². The van der Waals surface area contributed by atoms with E-state index in [1.54, 1.807) is 52.1 Å². The molecule has 0 atom stereocenters. The summed E-state index contributed by atoms with van der Waals surface area (Å²) in [7, 11) is -1.98. The summed E-state index contributed by atoms with van der Waals surface area (Å²) in [4.78, 5) is 30.9. The van der Waals surface area contributed by atoms with Gasteiger partial charge in [0.1, 0.15) is 0 Å². The molecule has 0 bridgehead atoms. The molecular weight excluding hydrogens is 464 g/mol. The van der Waals surface area contributed by atoms with Gasteiger partial charge in [-0.3, -0.25) is 9.52 Å². The average molecular weight is 493 g/mol. The molecule has 1 N–H and O–H groups in total. The fourth-order valence-electron chi connectivity index (χ4n) is 3.95. The lowest BCUT2D eigenvalue weighted by molar-refractivity contribution is 0.0644. The van der Waals surface area contributed by atoms with Crippen LogP contribution in [0.5, 0.6) is 0 Å². The summed E-state index contributed by atoms with van der Waals surface area (Å²) in [6, 6.07) is 24.2. The molecule has 1 fully saturated rings. The summed E-state index contributed by atoms with van der Waals surface area (Å²) in [6.07, 6.45) is 0. The van der Waals surface area contributed by atoms with Crippen molar-refractivity contribution in [3.05, 3.63) is 96.1 Å². The molecule has 9 heteroatoms. The predicted molar refractivity (Wildman–Crippen MR) is 134 cm³/mol. The standard InChI is InChI=1S/C26H28N4O4S/c1-28(20-21-8-4-2-5-9-21)26(32)30-18-16-29(17-19-30)25(31)22-12-14-24(15-13-22)35(33,34)27-23-10-6-3-7-11-23/h2-15,27H,16-20H2,1H3. The highest BCUT2D eigenvalue weighted by Gasteiger charge is 2.27. The zero-order valence-corrected chi connectivity index (χ0v) is 20.3. The van der Waals surface area contributed by atoms with E-state index in [9.17, 15) is 18.0 Å². The summed E-state index contributed by atoms with van der Waals surface area (Å²) in [6.45, 7) is 2.24. The van der Waals surface area contributed by atoms with Gasteiger partial charge in [-0.25, -0.2) is 13.2 Å². The second-order valence-corrected chi connectivity index (χ2v) is 10.1. The Morgan fingerprint density at radius 2 is 1.34 bits per heavy atom. The van der Waals surface area contributed by atoms with Crippen LogP contribution in [-0.2, 0) is 16.6 Å². The third kappa shape index (κ3) is 5.99. The number of para-hydroxylation sites is 1. The van der Waals surface area contributed by atoms with E-state index < -0.39 is 10.0 Å². The molecule has 0 unspecified atom stereocenters. The van der Waals surface area contributed by atoms with Crippen LogP contribution in [0, 0.1) is 0 Å². The Labute approximate surface area is 205 Å². The lowest BCUT2D eigenvalue weighted by Crippen LogP contribution is -2.53. The number of anilines is 1. The molecule has 1 aliphatic heterocycles. The van der Waals surface area contributed by atoms with Gasteiger partial charge in [0.05, 0.1) is 4.90 Å². The lowest BCUT2D eigenvalue weighted by atomic mass is 10.2. The SMILES string of the molecule is CN(Cc1ccccc1)C(=O)N1CCN(C(=O)c2ccc(S(=O)(=O)Nc3ccccc3)cc2)CC1. The number of urea groups is 1. The molecule has 0 radical (unpaired) electrons. The molecule has 4 rings (SSSR count). The maximum Gasteiger partial charge on any atom is 0.320 e. The van der Waals surface area contributed by atoms with Crippen molar-refractivity contribution in [3.8, 4) is 0 Å². The Kier molecular flexibility index (Phi) is 7.36. The first-order valence-corrected chi connectivity index (χ1v) is 12.8. The molecular formula is C26H28N4O4S. The molecule has 182 valence electrons. The summed E-state index contributed by atoms with van der Waals surface area (Å²) in [5, 5.41) is 0. The summed E-state index contributed by atoms with van der Waals surface area (Å²) in [5.74, 6) is -0.185. The van der Waals surface area contributed by atoms with Crippen LogP contribution in [0.2, 0.25) is 0 Å². The van der Waals surface area contributed by atoms with E-state index in [4.69, 9.17) is 0 Å². The smallest absolute Gasteiger partial charge is 0.320 e. The molecule has 0 saturated carbocycles. The van der Waals surface area contributed by atoms with Gasteiger partial charge in [0.2, 0.25) is 0 Å². The van der Waals surface area contributed by atoms with E-state index in [0.717, 1.165) is 5.56 Å². The van der Waals surface area contributed by atoms with Crippen molar-refractivity contribution in [2.75, 3.05) is 37.9 Å². The third-order valence-electron chi connectivity index (χ3n) is 5.86. The number of hydrogen-bond donors (Lipinski definition) is 1. The molecule has 8 nitrogen and oxygen atoms in total. The van der Waals surface area contributed by atoms with E-state index in [1.165, 1.54) is 24.3 Å². The highest BCUT2D eigenvalue weighted by Crippen LogP contribution is 2.18. The third-order valence-corrected chi connectivity index (χ3v) is 7.26. The number of carbonyl (C=O) groups is 2. The first-order chi connectivity index (χ1) is 16.8. The predicted octanol–water partition coefficient (Wildman–Crippen LogP) is 3.50. The average Bonchev–Trinajstić information content (AvgIpc) is 2.89. The number of benzene rings is 3. The van der Waals surface area contributed by atoms with Gasteiger partial charge in [0, 0.05) is 51.0 Å². The molecule has 1 heterocycles. The molecule has 3 aromatic carbocycles. The number of amides is 3. The minimum Gasteiger partial charge on any atom is -0.335 e. The molecule has 1 saturated heterocycles. The second kappa shape index (κ2) is 10.6. The Morgan fingerprint density at radius 3 is 1.94 bits per heavy atom. The quantitative estimate of drug-likeness (QED) is 0.570. The van der Waals surface area contributed by atoms with Gasteiger partial charge in [0.25, 0.3) is 15.9 Å². The molecule has 3 aromatic rings. The van der Waals surface area contributed by atoms with Crippen LogP contribution in [0.4, 0.5) is 10.5 Å². The lowest BCUT2D eigenvalue weighted by Gasteiger charge is -2.36. The van der Waals surface area contributed by atoms with Crippen molar-refractivity contribution < 1.29 is 18.0 Å². The van der Waals surface area contributed by atoms with Gasteiger partial charge in [-0.2, -0.15) is 0 Å². The molecule has 0 spiro atoms. The molecule has 1 aliphatic rings. The van der Waals surface area contributed by atoms with E-state index in [2.05, 4.69) is 4.72 Å². The van der Waals surface area contributed by atoms with Crippen molar-refractivity contribution in [1.29, 1.82) is 0 Å². The maximum absolute atomic E-state index is 13.0. The van der Waals surface area contributed by atoms with Crippen molar-refractivity contribution in [2.24, 2.45) is 0 Å². The zero-order valence-electron chi connectivity index (χ0n) is 19.5. The van der Waals surface area contributed by atoms with Gasteiger partial charge >= 0.3 is 6.03 Å². The fourth-order valence-corrected chi connectivity index (χ4v) is 5.01.